The monoisotopic (exact) mass is 527 g/mol. The molecule has 2 aromatic heterocycles. The molecule has 0 radical (unpaired) electrons. The number of rotatable bonds is 3. The molecule has 0 atom stereocenters. The largest absolute Gasteiger partial charge is 0.456 e. The molecule has 8 aromatic rings. The molecule has 0 saturated heterocycles. The van der Waals surface area contributed by atoms with Gasteiger partial charge in [0.05, 0.1) is 5.56 Å². The van der Waals surface area contributed by atoms with E-state index in [0.717, 1.165) is 49.8 Å². The standard InChI is InChI=1S/C37H21NOS/c38-22-32-29(23-9-2-1-3-10-23)20-25(26-13-8-16-36-37(26)28-12-5-7-15-35(28)40-36)21-30(32)24-17-18-34-31(19-24)27-11-4-6-14-33(27)39-34/h1-21H. The molecule has 0 unspecified atom stereocenters. The van der Waals surface area contributed by atoms with Gasteiger partial charge in [0.1, 0.15) is 17.2 Å². The molecule has 0 aliphatic rings. The van der Waals surface area contributed by atoms with E-state index < -0.39 is 0 Å². The molecular formula is C37H21NOS. The van der Waals surface area contributed by atoms with E-state index in [1.54, 1.807) is 0 Å². The van der Waals surface area contributed by atoms with Crippen molar-refractivity contribution in [3.8, 4) is 39.4 Å². The number of hydrogen-bond acceptors (Lipinski definition) is 3. The number of fused-ring (bicyclic) bond motifs is 6. The van der Waals surface area contributed by atoms with Crippen LogP contribution in [0.1, 0.15) is 5.56 Å². The molecule has 2 heterocycles. The second kappa shape index (κ2) is 8.95. The summed E-state index contributed by atoms with van der Waals surface area (Å²) in [6.07, 6.45) is 0. The lowest BCUT2D eigenvalue weighted by Gasteiger charge is -2.15. The minimum absolute atomic E-state index is 0.671. The fourth-order valence-corrected chi connectivity index (χ4v) is 7.03. The number of nitriles is 1. The van der Waals surface area contributed by atoms with Gasteiger partial charge in [0.2, 0.25) is 0 Å². The topological polar surface area (TPSA) is 36.9 Å². The van der Waals surface area contributed by atoms with Crippen LogP contribution in [-0.4, -0.2) is 0 Å². The van der Waals surface area contributed by atoms with Gasteiger partial charge in [-0.2, -0.15) is 5.26 Å². The maximum absolute atomic E-state index is 10.5. The zero-order chi connectivity index (χ0) is 26.6. The first-order valence-corrected chi connectivity index (χ1v) is 14.1. The van der Waals surface area contributed by atoms with E-state index in [-0.39, 0.29) is 0 Å². The zero-order valence-corrected chi connectivity index (χ0v) is 22.2. The lowest BCUT2D eigenvalue weighted by molar-refractivity contribution is 0.669. The number of furan rings is 1. The van der Waals surface area contributed by atoms with Crippen LogP contribution in [-0.2, 0) is 0 Å². The Morgan fingerprint density at radius 1 is 0.500 bits per heavy atom. The Bertz CT molecular complexity index is 2280. The predicted octanol–water partition coefficient (Wildman–Crippen LogP) is 10.8. The highest BCUT2D eigenvalue weighted by Gasteiger charge is 2.19. The molecular weight excluding hydrogens is 506 g/mol. The molecule has 186 valence electrons. The molecule has 0 bridgehead atoms. The van der Waals surface area contributed by atoms with Crippen LogP contribution in [0.5, 0.6) is 0 Å². The normalized spacial score (nSPS) is 11.5. The Kier molecular flexibility index (Phi) is 5.10. The van der Waals surface area contributed by atoms with Gasteiger partial charge >= 0.3 is 0 Å². The molecule has 0 saturated carbocycles. The molecule has 8 rings (SSSR count). The van der Waals surface area contributed by atoms with E-state index in [1.165, 1.54) is 25.7 Å². The first-order valence-electron chi connectivity index (χ1n) is 13.2. The fraction of sp³-hybridized carbons (Fsp3) is 0. The number of nitrogens with zero attached hydrogens (tertiary/aromatic N) is 1. The average molecular weight is 528 g/mol. The summed E-state index contributed by atoms with van der Waals surface area (Å²) in [5, 5.41) is 15.2. The highest BCUT2D eigenvalue weighted by Crippen LogP contribution is 2.44. The minimum Gasteiger partial charge on any atom is -0.456 e. The van der Waals surface area contributed by atoms with Gasteiger partial charge in [0, 0.05) is 42.1 Å². The molecule has 2 nitrogen and oxygen atoms in total. The number of thiophene rings is 1. The van der Waals surface area contributed by atoms with Gasteiger partial charge in [0.25, 0.3) is 0 Å². The summed E-state index contributed by atoms with van der Waals surface area (Å²) in [7, 11) is 0. The van der Waals surface area contributed by atoms with E-state index in [4.69, 9.17) is 4.42 Å². The van der Waals surface area contributed by atoms with Gasteiger partial charge in [-0.1, -0.05) is 84.9 Å². The van der Waals surface area contributed by atoms with Gasteiger partial charge in [-0.3, -0.25) is 0 Å². The van der Waals surface area contributed by atoms with Crippen molar-refractivity contribution < 1.29 is 4.42 Å². The van der Waals surface area contributed by atoms with Crippen LogP contribution in [0.15, 0.2) is 132 Å². The molecule has 3 heteroatoms. The molecule has 0 aliphatic heterocycles. The van der Waals surface area contributed by atoms with Gasteiger partial charge in [0.15, 0.2) is 0 Å². The van der Waals surface area contributed by atoms with Gasteiger partial charge in [-0.05, 0) is 64.7 Å². The van der Waals surface area contributed by atoms with Crippen LogP contribution in [0.4, 0.5) is 0 Å². The third-order valence-corrected chi connectivity index (χ3v) is 8.87. The highest BCUT2D eigenvalue weighted by molar-refractivity contribution is 7.25. The number of para-hydroxylation sites is 1. The van der Waals surface area contributed by atoms with E-state index in [9.17, 15) is 5.26 Å². The van der Waals surface area contributed by atoms with E-state index in [2.05, 4.69) is 91.0 Å². The van der Waals surface area contributed by atoms with Crippen molar-refractivity contribution in [3.63, 3.8) is 0 Å². The van der Waals surface area contributed by atoms with Crippen LogP contribution < -0.4 is 0 Å². The van der Waals surface area contributed by atoms with Crippen LogP contribution in [0.2, 0.25) is 0 Å². The van der Waals surface area contributed by atoms with Crippen molar-refractivity contribution in [1.82, 2.24) is 0 Å². The quantitative estimate of drug-likeness (QED) is 0.229. The first-order chi connectivity index (χ1) is 19.8. The SMILES string of the molecule is N#Cc1c(-c2ccccc2)cc(-c2cccc3sc4ccccc4c23)cc1-c1ccc2oc3ccccc3c2c1. The average Bonchev–Trinajstić information content (AvgIpc) is 3.59. The Morgan fingerprint density at radius 2 is 1.20 bits per heavy atom. The smallest absolute Gasteiger partial charge is 0.135 e. The van der Waals surface area contributed by atoms with Crippen molar-refractivity contribution >= 4 is 53.4 Å². The van der Waals surface area contributed by atoms with Crippen LogP contribution in [0.3, 0.4) is 0 Å². The lowest BCUT2D eigenvalue weighted by atomic mass is 9.87. The Balaban J connectivity index is 1.46. The van der Waals surface area contributed by atoms with Crippen molar-refractivity contribution in [1.29, 1.82) is 5.26 Å². The van der Waals surface area contributed by atoms with E-state index in [1.807, 2.05) is 53.8 Å². The molecule has 0 aliphatic carbocycles. The third-order valence-electron chi connectivity index (χ3n) is 7.74. The van der Waals surface area contributed by atoms with Gasteiger partial charge in [-0.15, -0.1) is 11.3 Å². The Labute approximate surface area is 235 Å². The van der Waals surface area contributed by atoms with Crippen molar-refractivity contribution in [2.24, 2.45) is 0 Å². The van der Waals surface area contributed by atoms with Gasteiger partial charge < -0.3 is 4.42 Å². The van der Waals surface area contributed by atoms with E-state index in [0.29, 0.717) is 5.56 Å². The molecule has 0 amide bonds. The third kappa shape index (κ3) is 3.48. The lowest BCUT2D eigenvalue weighted by Crippen LogP contribution is -1.93. The summed E-state index contributed by atoms with van der Waals surface area (Å²) in [6.45, 7) is 0. The Morgan fingerprint density at radius 3 is 2.05 bits per heavy atom. The summed E-state index contributed by atoms with van der Waals surface area (Å²) in [4.78, 5) is 0. The first kappa shape index (κ1) is 22.8. The predicted molar refractivity (Wildman–Crippen MR) is 168 cm³/mol. The molecule has 6 aromatic carbocycles. The van der Waals surface area contributed by atoms with Crippen molar-refractivity contribution in [3.05, 3.63) is 133 Å². The molecule has 0 fully saturated rings. The van der Waals surface area contributed by atoms with Crippen LogP contribution in [0.25, 0.3) is 75.5 Å². The Hall–Kier alpha value is -5.17. The molecule has 0 spiro atoms. The summed E-state index contributed by atoms with van der Waals surface area (Å²) >= 11 is 1.82. The summed E-state index contributed by atoms with van der Waals surface area (Å²) in [6, 6.07) is 46.7. The summed E-state index contributed by atoms with van der Waals surface area (Å²) < 4.78 is 8.64. The maximum Gasteiger partial charge on any atom is 0.135 e. The zero-order valence-electron chi connectivity index (χ0n) is 21.4. The number of benzene rings is 6. The minimum atomic E-state index is 0.671. The molecule has 40 heavy (non-hydrogen) atoms. The van der Waals surface area contributed by atoms with Crippen LogP contribution in [0, 0.1) is 11.3 Å². The summed E-state index contributed by atoms with van der Waals surface area (Å²) in [5.74, 6) is 0. The second-order valence-corrected chi connectivity index (χ2v) is 11.1. The fourth-order valence-electron chi connectivity index (χ4n) is 5.90. The maximum atomic E-state index is 10.5. The number of hydrogen-bond donors (Lipinski definition) is 0. The van der Waals surface area contributed by atoms with Gasteiger partial charge in [-0.25, -0.2) is 0 Å². The van der Waals surface area contributed by atoms with Crippen molar-refractivity contribution in [2.45, 2.75) is 0 Å². The van der Waals surface area contributed by atoms with E-state index >= 15 is 0 Å². The molecule has 0 N–H and O–H groups in total. The highest BCUT2D eigenvalue weighted by atomic mass is 32.1. The van der Waals surface area contributed by atoms with Crippen LogP contribution >= 0.6 is 11.3 Å². The summed E-state index contributed by atoms with van der Waals surface area (Å²) in [5.41, 5.74) is 8.53. The van der Waals surface area contributed by atoms with Crippen molar-refractivity contribution in [2.75, 3.05) is 0 Å². The second-order valence-electron chi connectivity index (χ2n) is 10.0.